The number of para-hydroxylation sites is 1. The quantitative estimate of drug-likeness (QED) is 0.845. The van der Waals surface area contributed by atoms with E-state index < -0.39 is 5.82 Å². The Morgan fingerprint density at radius 3 is 2.86 bits per heavy atom. The Bertz CT molecular complexity index is 688. The van der Waals surface area contributed by atoms with Crippen molar-refractivity contribution in [3.05, 3.63) is 59.4 Å². The first kappa shape index (κ1) is 13.6. The van der Waals surface area contributed by atoms with E-state index in [1.807, 2.05) is 24.3 Å². The maximum absolute atomic E-state index is 13.1. The van der Waals surface area contributed by atoms with Crippen molar-refractivity contribution in [3.63, 3.8) is 0 Å². The summed E-state index contributed by atoms with van der Waals surface area (Å²) in [5.74, 6) is -1.24. The molecule has 0 atom stereocenters. The van der Waals surface area contributed by atoms with Gasteiger partial charge in [-0.3, -0.25) is 4.79 Å². The minimum Gasteiger partial charge on any atom is -0.507 e. The summed E-state index contributed by atoms with van der Waals surface area (Å²) in [7, 11) is 0. The molecule has 0 spiro atoms. The molecule has 0 aliphatic carbocycles. The molecule has 108 valence electrons. The Balaban J connectivity index is 2.01. The number of phenols is 1. The normalized spacial score (nSPS) is 14.4. The largest absolute Gasteiger partial charge is 0.507 e. The van der Waals surface area contributed by atoms with Crippen molar-refractivity contribution in [1.82, 2.24) is 5.32 Å². The monoisotopic (exact) mass is 286 g/mol. The number of anilines is 1. The number of amides is 1. The molecule has 2 aromatic rings. The average molecular weight is 286 g/mol. The van der Waals surface area contributed by atoms with E-state index in [-0.39, 0.29) is 17.2 Å². The number of hydrogen-bond donors (Lipinski definition) is 2. The number of fused-ring (bicyclic) bond motifs is 1. The van der Waals surface area contributed by atoms with E-state index in [1.165, 1.54) is 12.1 Å². The van der Waals surface area contributed by atoms with Crippen molar-refractivity contribution in [3.8, 4) is 5.75 Å². The molecule has 1 amide bonds. The number of hydrogen-bond acceptors (Lipinski definition) is 3. The van der Waals surface area contributed by atoms with Crippen LogP contribution >= 0.6 is 0 Å². The summed E-state index contributed by atoms with van der Waals surface area (Å²) < 4.78 is 13.1. The fourth-order valence-electron chi connectivity index (χ4n) is 2.50. The van der Waals surface area contributed by atoms with Crippen LogP contribution in [-0.2, 0) is 6.54 Å². The molecule has 1 heterocycles. The van der Waals surface area contributed by atoms with Crippen molar-refractivity contribution in [2.45, 2.75) is 6.54 Å². The number of aromatic hydroxyl groups is 1. The van der Waals surface area contributed by atoms with Gasteiger partial charge < -0.3 is 15.3 Å². The molecule has 21 heavy (non-hydrogen) atoms. The number of phenolic OH excluding ortho intramolecular Hbond substituents is 1. The third kappa shape index (κ3) is 2.60. The molecule has 0 unspecified atom stereocenters. The molecule has 0 fully saturated rings. The molecule has 5 heteroatoms. The number of benzene rings is 2. The van der Waals surface area contributed by atoms with Gasteiger partial charge in [-0.15, -0.1) is 0 Å². The Morgan fingerprint density at radius 2 is 2.05 bits per heavy atom. The SMILES string of the molecule is O=C(c1ccc(F)cc1O)N1CCNCc2ccccc21. The second-order valence-electron chi connectivity index (χ2n) is 4.92. The van der Waals surface area contributed by atoms with Crippen LogP contribution in [0.15, 0.2) is 42.5 Å². The Morgan fingerprint density at radius 1 is 1.24 bits per heavy atom. The zero-order chi connectivity index (χ0) is 14.8. The fraction of sp³-hybridized carbons (Fsp3) is 0.188. The topological polar surface area (TPSA) is 52.6 Å². The van der Waals surface area contributed by atoms with Crippen LogP contribution in [0.2, 0.25) is 0 Å². The van der Waals surface area contributed by atoms with Gasteiger partial charge >= 0.3 is 0 Å². The highest BCUT2D eigenvalue weighted by Gasteiger charge is 2.24. The Labute approximate surface area is 121 Å². The van der Waals surface area contributed by atoms with Crippen LogP contribution in [0.3, 0.4) is 0 Å². The van der Waals surface area contributed by atoms with Gasteiger partial charge in [0.05, 0.1) is 5.56 Å². The predicted molar refractivity (Wildman–Crippen MR) is 77.9 cm³/mol. The molecule has 0 aromatic heterocycles. The van der Waals surface area contributed by atoms with E-state index in [0.29, 0.717) is 19.6 Å². The number of rotatable bonds is 1. The van der Waals surface area contributed by atoms with E-state index in [2.05, 4.69) is 5.32 Å². The first-order valence-electron chi connectivity index (χ1n) is 6.76. The van der Waals surface area contributed by atoms with Gasteiger partial charge in [-0.2, -0.15) is 0 Å². The standard InChI is InChI=1S/C16H15FN2O2/c17-12-5-6-13(15(20)9-12)16(21)19-8-7-18-10-11-3-1-2-4-14(11)19/h1-6,9,18,20H,7-8,10H2. The molecule has 1 aliphatic rings. The minimum absolute atomic E-state index is 0.105. The number of nitrogens with one attached hydrogen (secondary N) is 1. The molecular formula is C16H15FN2O2. The number of carbonyl (C=O) groups is 1. The van der Waals surface area contributed by atoms with Gasteiger partial charge in [-0.25, -0.2) is 4.39 Å². The molecule has 4 nitrogen and oxygen atoms in total. The van der Waals surface area contributed by atoms with Crippen LogP contribution in [0.1, 0.15) is 15.9 Å². The lowest BCUT2D eigenvalue weighted by molar-refractivity contribution is 0.0985. The third-order valence-corrected chi connectivity index (χ3v) is 3.55. The van der Waals surface area contributed by atoms with Crippen LogP contribution in [0, 0.1) is 5.82 Å². The van der Waals surface area contributed by atoms with Gasteiger partial charge in [-0.05, 0) is 23.8 Å². The highest BCUT2D eigenvalue weighted by Crippen LogP contribution is 2.27. The lowest BCUT2D eigenvalue weighted by Crippen LogP contribution is -2.34. The van der Waals surface area contributed by atoms with Crippen LogP contribution in [0.4, 0.5) is 10.1 Å². The van der Waals surface area contributed by atoms with Gasteiger partial charge in [-0.1, -0.05) is 18.2 Å². The van der Waals surface area contributed by atoms with Crippen molar-refractivity contribution in [2.75, 3.05) is 18.0 Å². The Kier molecular flexibility index (Phi) is 3.58. The first-order chi connectivity index (χ1) is 10.2. The van der Waals surface area contributed by atoms with Gasteiger partial charge in [0.1, 0.15) is 11.6 Å². The lowest BCUT2D eigenvalue weighted by Gasteiger charge is -2.23. The van der Waals surface area contributed by atoms with Crippen LogP contribution in [-0.4, -0.2) is 24.1 Å². The van der Waals surface area contributed by atoms with Gasteiger partial charge in [0.15, 0.2) is 0 Å². The van der Waals surface area contributed by atoms with E-state index >= 15 is 0 Å². The zero-order valence-corrected chi connectivity index (χ0v) is 11.3. The molecule has 2 N–H and O–H groups in total. The first-order valence-corrected chi connectivity index (χ1v) is 6.76. The molecule has 2 aromatic carbocycles. The molecule has 0 radical (unpaired) electrons. The summed E-state index contributed by atoms with van der Waals surface area (Å²) in [6.07, 6.45) is 0. The van der Waals surface area contributed by atoms with Crippen molar-refractivity contribution in [2.24, 2.45) is 0 Å². The summed E-state index contributed by atoms with van der Waals surface area (Å²) in [5.41, 5.74) is 1.94. The van der Waals surface area contributed by atoms with Gasteiger partial charge in [0.2, 0.25) is 0 Å². The predicted octanol–water partition coefficient (Wildman–Crippen LogP) is 2.28. The van der Waals surface area contributed by atoms with Crippen LogP contribution < -0.4 is 10.2 Å². The second kappa shape index (κ2) is 5.54. The summed E-state index contributed by atoms with van der Waals surface area (Å²) in [4.78, 5) is 14.3. The van der Waals surface area contributed by atoms with Gasteiger partial charge in [0, 0.05) is 31.4 Å². The molecule has 0 saturated carbocycles. The van der Waals surface area contributed by atoms with Crippen LogP contribution in [0.25, 0.3) is 0 Å². The van der Waals surface area contributed by atoms with Crippen molar-refractivity contribution >= 4 is 11.6 Å². The van der Waals surface area contributed by atoms with Crippen molar-refractivity contribution in [1.29, 1.82) is 0 Å². The maximum Gasteiger partial charge on any atom is 0.262 e. The van der Waals surface area contributed by atoms with Gasteiger partial charge in [0.25, 0.3) is 5.91 Å². The smallest absolute Gasteiger partial charge is 0.262 e. The van der Waals surface area contributed by atoms with E-state index in [9.17, 15) is 14.3 Å². The van der Waals surface area contributed by atoms with Crippen molar-refractivity contribution < 1.29 is 14.3 Å². The summed E-state index contributed by atoms with van der Waals surface area (Å²) >= 11 is 0. The molecule has 0 bridgehead atoms. The second-order valence-corrected chi connectivity index (χ2v) is 4.92. The highest BCUT2D eigenvalue weighted by molar-refractivity contribution is 6.08. The molecular weight excluding hydrogens is 271 g/mol. The molecule has 0 saturated heterocycles. The third-order valence-electron chi connectivity index (χ3n) is 3.55. The highest BCUT2D eigenvalue weighted by atomic mass is 19.1. The average Bonchev–Trinajstić information content (AvgIpc) is 2.69. The maximum atomic E-state index is 13.1. The Hall–Kier alpha value is -2.40. The number of halogens is 1. The van der Waals surface area contributed by atoms with Crippen LogP contribution in [0.5, 0.6) is 5.75 Å². The number of carbonyl (C=O) groups excluding carboxylic acids is 1. The molecule has 1 aliphatic heterocycles. The summed E-state index contributed by atoms with van der Waals surface area (Å²) in [5, 5.41) is 13.1. The van der Waals surface area contributed by atoms with E-state index in [1.54, 1.807) is 4.90 Å². The van der Waals surface area contributed by atoms with E-state index in [0.717, 1.165) is 17.3 Å². The summed E-state index contributed by atoms with van der Waals surface area (Å²) in [6.45, 7) is 1.84. The number of nitrogens with zero attached hydrogens (tertiary/aromatic N) is 1. The summed E-state index contributed by atoms with van der Waals surface area (Å²) in [6, 6.07) is 11.1. The fourth-order valence-corrected chi connectivity index (χ4v) is 2.50. The molecule has 3 rings (SSSR count). The lowest BCUT2D eigenvalue weighted by atomic mass is 10.1. The minimum atomic E-state index is -0.568. The zero-order valence-electron chi connectivity index (χ0n) is 11.3. The van der Waals surface area contributed by atoms with E-state index in [4.69, 9.17) is 0 Å².